The van der Waals surface area contributed by atoms with Gasteiger partial charge >= 0.3 is 5.97 Å². The highest BCUT2D eigenvalue weighted by atomic mass is 16.4. The fourth-order valence-electron chi connectivity index (χ4n) is 3.99. The summed E-state index contributed by atoms with van der Waals surface area (Å²) in [7, 11) is 0. The van der Waals surface area contributed by atoms with Gasteiger partial charge in [-0.1, -0.05) is 36.2 Å². The molecule has 2 atom stereocenters. The van der Waals surface area contributed by atoms with Crippen molar-refractivity contribution in [3.8, 4) is 0 Å². The van der Waals surface area contributed by atoms with Crippen LogP contribution in [0.2, 0.25) is 0 Å². The average Bonchev–Trinajstić information content (AvgIpc) is 3.04. The molecule has 0 bridgehead atoms. The Kier molecular flexibility index (Phi) is 3.94. The van der Waals surface area contributed by atoms with Crippen LogP contribution in [-0.4, -0.2) is 35.0 Å². The van der Waals surface area contributed by atoms with Crippen LogP contribution in [0.3, 0.4) is 0 Å². The zero-order valence-corrected chi connectivity index (χ0v) is 13.0. The number of carboxylic acid groups (broad SMARTS) is 1. The lowest BCUT2D eigenvalue weighted by Crippen LogP contribution is -2.37. The van der Waals surface area contributed by atoms with Crippen LogP contribution in [-0.2, 0) is 16.0 Å². The predicted octanol–water partition coefficient (Wildman–Crippen LogP) is 2.64. The summed E-state index contributed by atoms with van der Waals surface area (Å²) < 4.78 is 0. The molecule has 0 spiro atoms. The Labute approximate surface area is 131 Å². The molecule has 1 saturated carbocycles. The second-order valence-corrected chi connectivity index (χ2v) is 6.81. The number of benzene rings is 1. The zero-order valence-electron chi connectivity index (χ0n) is 13.0. The number of carbonyl (C=O) groups excluding carboxylic acids is 1. The van der Waals surface area contributed by atoms with Crippen LogP contribution in [0.4, 0.5) is 0 Å². The van der Waals surface area contributed by atoms with Gasteiger partial charge in [-0.25, -0.2) is 0 Å². The first kappa shape index (κ1) is 15.1. The predicted molar refractivity (Wildman–Crippen MR) is 83.5 cm³/mol. The van der Waals surface area contributed by atoms with E-state index in [0.717, 1.165) is 31.2 Å². The number of aryl methyl sites for hydroxylation is 2. The van der Waals surface area contributed by atoms with E-state index in [1.165, 1.54) is 5.56 Å². The lowest BCUT2D eigenvalue weighted by atomic mass is 9.81. The Hall–Kier alpha value is -1.84. The Morgan fingerprint density at radius 1 is 1.32 bits per heavy atom. The molecule has 1 heterocycles. The molecule has 1 amide bonds. The highest BCUT2D eigenvalue weighted by molar-refractivity contribution is 5.81. The van der Waals surface area contributed by atoms with Crippen molar-refractivity contribution in [2.24, 2.45) is 11.3 Å². The number of hydrogen-bond acceptors (Lipinski definition) is 2. The lowest BCUT2D eigenvalue weighted by molar-refractivity contribution is -0.149. The molecule has 0 aromatic heterocycles. The van der Waals surface area contributed by atoms with Crippen LogP contribution in [0.15, 0.2) is 24.3 Å². The van der Waals surface area contributed by atoms with E-state index in [9.17, 15) is 14.7 Å². The van der Waals surface area contributed by atoms with E-state index in [4.69, 9.17) is 0 Å². The summed E-state index contributed by atoms with van der Waals surface area (Å²) >= 11 is 0. The number of carboxylic acids is 1. The number of likely N-dealkylation sites (tertiary alicyclic amines) is 1. The van der Waals surface area contributed by atoms with E-state index in [1.807, 2.05) is 6.92 Å². The van der Waals surface area contributed by atoms with Crippen LogP contribution in [0.5, 0.6) is 0 Å². The highest BCUT2D eigenvalue weighted by Gasteiger charge is 2.55. The molecule has 1 saturated heterocycles. The first-order chi connectivity index (χ1) is 10.5. The molecule has 1 aliphatic heterocycles. The van der Waals surface area contributed by atoms with Crippen LogP contribution >= 0.6 is 0 Å². The number of nitrogens with zero attached hydrogens (tertiary/aromatic N) is 1. The third-order valence-electron chi connectivity index (χ3n) is 5.40. The van der Waals surface area contributed by atoms with E-state index < -0.39 is 11.4 Å². The standard InChI is InChI=1S/C18H23NO3/c1-13-4-6-14(7-5-13)8-9-16(20)19-11-15-3-2-10-18(15,12-19)17(21)22/h4-7,15H,2-3,8-12H2,1H3,(H,21,22)/t15-,18+/m0/s1. The quantitative estimate of drug-likeness (QED) is 0.930. The molecule has 4 nitrogen and oxygen atoms in total. The minimum atomic E-state index is -0.719. The summed E-state index contributed by atoms with van der Waals surface area (Å²) in [5.41, 5.74) is 1.71. The van der Waals surface area contributed by atoms with Gasteiger partial charge in [0.1, 0.15) is 0 Å². The topological polar surface area (TPSA) is 57.6 Å². The molecule has 1 aliphatic carbocycles. The van der Waals surface area contributed by atoms with E-state index in [2.05, 4.69) is 24.3 Å². The minimum absolute atomic E-state index is 0.0931. The minimum Gasteiger partial charge on any atom is -0.481 e. The van der Waals surface area contributed by atoms with Crippen molar-refractivity contribution < 1.29 is 14.7 Å². The van der Waals surface area contributed by atoms with Crippen molar-refractivity contribution in [3.63, 3.8) is 0 Å². The van der Waals surface area contributed by atoms with Crippen LogP contribution < -0.4 is 0 Å². The maximum atomic E-state index is 12.4. The van der Waals surface area contributed by atoms with Crippen LogP contribution in [0.1, 0.15) is 36.8 Å². The lowest BCUT2D eigenvalue weighted by Gasteiger charge is -2.23. The largest absolute Gasteiger partial charge is 0.481 e. The number of fused-ring (bicyclic) bond motifs is 1. The molecule has 3 rings (SSSR count). The molecular weight excluding hydrogens is 278 g/mol. The van der Waals surface area contributed by atoms with Crippen LogP contribution in [0, 0.1) is 18.3 Å². The molecular formula is C18H23NO3. The van der Waals surface area contributed by atoms with Crippen molar-refractivity contribution in [2.45, 2.75) is 39.0 Å². The SMILES string of the molecule is Cc1ccc(CCC(=O)N2C[C@@H]3CCC[C@@]3(C(=O)O)C2)cc1. The molecule has 0 radical (unpaired) electrons. The first-order valence-corrected chi connectivity index (χ1v) is 8.08. The van der Waals surface area contributed by atoms with Crippen molar-refractivity contribution in [3.05, 3.63) is 35.4 Å². The van der Waals surface area contributed by atoms with Crippen molar-refractivity contribution in [1.82, 2.24) is 4.90 Å². The number of hydrogen-bond donors (Lipinski definition) is 1. The number of carbonyl (C=O) groups is 2. The molecule has 2 aliphatic rings. The summed E-state index contributed by atoms with van der Waals surface area (Å²) in [4.78, 5) is 25.8. The van der Waals surface area contributed by atoms with Gasteiger partial charge in [0.05, 0.1) is 5.41 Å². The highest BCUT2D eigenvalue weighted by Crippen LogP contribution is 2.48. The number of aliphatic carboxylic acids is 1. The normalized spacial score (nSPS) is 27.0. The van der Waals surface area contributed by atoms with Gasteiger partial charge in [-0.2, -0.15) is 0 Å². The zero-order chi connectivity index (χ0) is 15.7. The molecule has 1 aromatic carbocycles. The summed E-state index contributed by atoms with van der Waals surface area (Å²) in [5.74, 6) is -0.479. The molecule has 2 fully saturated rings. The number of rotatable bonds is 4. The Balaban J connectivity index is 1.60. The third-order valence-corrected chi connectivity index (χ3v) is 5.40. The average molecular weight is 301 g/mol. The second-order valence-electron chi connectivity index (χ2n) is 6.81. The van der Waals surface area contributed by atoms with Gasteiger partial charge in [0.2, 0.25) is 5.91 Å². The molecule has 22 heavy (non-hydrogen) atoms. The summed E-state index contributed by atoms with van der Waals surface area (Å²) in [6.07, 6.45) is 3.82. The molecule has 1 N–H and O–H groups in total. The van der Waals surface area contributed by atoms with Crippen molar-refractivity contribution in [1.29, 1.82) is 0 Å². The van der Waals surface area contributed by atoms with Crippen LogP contribution in [0.25, 0.3) is 0 Å². The number of amides is 1. The fourth-order valence-corrected chi connectivity index (χ4v) is 3.99. The monoisotopic (exact) mass is 301 g/mol. The van der Waals surface area contributed by atoms with E-state index in [0.29, 0.717) is 19.5 Å². The summed E-state index contributed by atoms with van der Waals surface area (Å²) in [6.45, 7) is 3.07. The maximum absolute atomic E-state index is 12.4. The van der Waals surface area contributed by atoms with E-state index >= 15 is 0 Å². The van der Waals surface area contributed by atoms with Gasteiger partial charge < -0.3 is 10.0 Å². The van der Waals surface area contributed by atoms with Gasteiger partial charge in [0, 0.05) is 19.5 Å². The van der Waals surface area contributed by atoms with Gasteiger partial charge in [0.15, 0.2) is 0 Å². The molecule has 118 valence electrons. The van der Waals surface area contributed by atoms with Crippen molar-refractivity contribution in [2.75, 3.05) is 13.1 Å². The van der Waals surface area contributed by atoms with Gasteiger partial charge in [-0.15, -0.1) is 0 Å². The molecule has 1 aromatic rings. The molecule has 4 heteroatoms. The third kappa shape index (κ3) is 2.62. The Morgan fingerprint density at radius 2 is 2.05 bits per heavy atom. The van der Waals surface area contributed by atoms with Crippen molar-refractivity contribution >= 4 is 11.9 Å². The summed E-state index contributed by atoms with van der Waals surface area (Å²) in [6, 6.07) is 8.22. The second kappa shape index (κ2) is 5.75. The summed E-state index contributed by atoms with van der Waals surface area (Å²) in [5, 5.41) is 9.57. The first-order valence-electron chi connectivity index (χ1n) is 8.08. The Morgan fingerprint density at radius 3 is 2.68 bits per heavy atom. The fraction of sp³-hybridized carbons (Fsp3) is 0.556. The van der Waals surface area contributed by atoms with E-state index in [1.54, 1.807) is 4.90 Å². The van der Waals surface area contributed by atoms with E-state index in [-0.39, 0.29) is 11.8 Å². The maximum Gasteiger partial charge on any atom is 0.311 e. The smallest absolute Gasteiger partial charge is 0.311 e. The molecule has 0 unspecified atom stereocenters. The Bertz CT molecular complexity index is 580. The van der Waals surface area contributed by atoms with Gasteiger partial charge in [0.25, 0.3) is 0 Å². The van der Waals surface area contributed by atoms with Gasteiger partial charge in [-0.05, 0) is 37.7 Å². The van der Waals surface area contributed by atoms with Gasteiger partial charge in [-0.3, -0.25) is 9.59 Å².